The van der Waals surface area contributed by atoms with Gasteiger partial charge < -0.3 is 10.3 Å². The Labute approximate surface area is 98.7 Å². The van der Waals surface area contributed by atoms with Gasteiger partial charge in [-0.1, -0.05) is 11.3 Å². The highest BCUT2D eigenvalue weighted by atomic mass is 16.1. The Bertz CT molecular complexity index is 543. The third-order valence-electron chi connectivity index (χ3n) is 2.49. The van der Waals surface area contributed by atoms with E-state index in [0.29, 0.717) is 13.1 Å². The summed E-state index contributed by atoms with van der Waals surface area (Å²) in [6.07, 6.45) is 3.56. The molecule has 0 bridgehead atoms. The standard InChI is InChI=1S/C11H15N5O/c1-9(12)10-8-16(14-13-10)7-6-15-5-3-2-4-11(15)17/h2-5,8-9H,6-7,12H2,1H3. The Morgan fingerprint density at radius 3 is 2.88 bits per heavy atom. The fourth-order valence-corrected chi connectivity index (χ4v) is 1.49. The van der Waals surface area contributed by atoms with E-state index in [2.05, 4.69) is 10.3 Å². The summed E-state index contributed by atoms with van der Waals surface area (Å²) in [6, 6.07) is 4.97. The highest BCUT2D eigenvalue weighted by Crippen LogP contribution is 2.03. The van der Waals surface area contributed by atoms with E-state index in [1.165, 1.54) is 6.07 Å². The van der Waals surface area contributed by atoms with Crippen molar-refractivity contribution in [3.8, 4) is 0 Å². The van der Waals surface area contributed by atoms with E-state index in [1.807, 2.05) is 13.0 Å². The molecule has 0 saturated carbocycles. The second kappa shape index (κ2) is 4.92. The largest absolute Gasteiger partial charge is 0.323 e. The van der Waals surface area contributed by atoms with Crippen LogP contribution in [0.2, 0.25) is 0 Å². The summed E-state index contributed by atoms with van der Waals surface area (Å²) in [5.74, 6) is 0. The fraction of sp³-hybridized carbons (Fsp3) is 0.364. The number of aryl methyl sites for hydroxylation is 2. The van der Waals surface area contributed by atoms with Gasteiger partial charge in [-0.3, -0.25) is 9.48 Å². The first-order chi connectivity index (χ1) is 8.16. The molecule has 1 atom stereocenters. The number of nitrogens with zero attached hydrogens (tertiary/aromatic N) is 4. The highest BCUT2D eigenvalue weighted by Gasteiger charge is 2.04. The number of rotatable bonds is 4. The second-order valence-corrected chi connectivity index (χ2v) is 3.93. The monoisotopic (exact) mass is 233 g/mol. The van der Waals surface area contributed by atoms with Crippen molar-refractivity contribution in [1.82, 2.24) is 19.6 Å². The molecule has 0 aromatic carbocycles. The first-order valence-electron chi connectivity index (χ1n) is 5.48. The molecule has 0 radical (unpaired) electrons. The summed E-state index contributed by atoms with van der Waals surface area (Å²) in [5, 5.41) is 7.90. The highest BCUT2D eigenvalue weighted by molar-refractivity contribution is 4.97. The Morgan fingerprint density at radius 1 is 1.41 bits per heavy atom. The average Bonchev–Trinajstić information content (AvgIpc) is 2.77. The molecule has 6 heteroatoms. The molecule has 1 unspecified atom stereocenters. The Balaban J connectivity index is 2.03. The summed E-state index contributed by atoms with van der Waals surface area (Å²) >= 11 is 0. The third kappa shape index (κ3) is 2.79. The smallest absolute Gasteiger partial charge is 0.250 e. The molecule has 0 saturated heterocycles. The fourth-order valence-electron chi connectivity index (χ4n) is 1.49. The molecule has 0 fully saturated rings. The van der Waals surface area contributed by atoms with Gasteiger partial charge in [-0.25, -0.2) is 0 Å². The zero-order valence-corrected chi connectivity index (χ0v) is 9.65. The maximum atomic E-state index is 11.5. The molecule has 2 heterocycles. The molecule has 0 aliphatic carbocycles. The van der Waals surface area contributed by atoms with Crippen LogP contribution in [0.4, 0.5) is 0 Å². The summed E-state index contributed by atoms with van der Waals surface area (Å²) in [6.45, 7) is 3.03. The Hall–Kier alpha value is -1.95. The van der Waals surface area contributed by atoms with Crippen molar-refractivity contribution in [2.75, 3.05) is 0 Å². The minimum absolute atomic E-state index is 0.0139. The zero-order chi connectivity index (χ0) is 12.3. The van der Waals surface area contributed by atoms with Crippen LogP contribution in [0.5, 0.6) is 0 Å². The summed E-state index contributed by atoms with van der Waals surface area (Å²) in [4.78, 5) is 11.5. The van der Waals surface area contributed by atoms with Crippen molar-refractivity contribution < 1.29 is 0 Å². The van der Waals surface area contributed by atoms with Crippen LogP contribution in [0.25, 0.3) is 0 Å². The number of aromatic nitrogens is 4. The van der Waals surface area contributed by atoms with Gasteiger partial charge in [0.05, 0.1) is 18.4 Å². The van der Waals surface area contributed by atoms with Gasteiger partial charge in [-0.05, 0) is 13.0 Å². The minimum atomic E-state index is -0.122. The van der Waals surface area contributed by atoms with Crippen LogP contribution in [-0.2, 0) is 13.1 Å². The lowest BCUT2D eigenvalue weighted by atomic mass is 10.3. The van der Waals surface area contributed by atoms with Crippen LogP contribution in [0.1, 0.15) is 18.7 Å². The molecule has 90 valence electrons. The minimum Gasteiger partial charge on any atom is -0.323 e. The van der Waals surface area contributed by atoms with Gasteiger partial charge in [0.1, 0.15) is 0 Å². The van der Waals surface area contributed by atoms with Gasteiger partial charge in [0, 0.05) is 24.8 Å². The van der Waals surface area contributed by atoms with E-state index in [4.69, 9.17) is 5.73 Å². The topological polar surface area (TPSA) is 78.7 Å². The van der Waals surface area contributed by atoms with E-state index < -0.39 is 0 Å². The molecular weight excluding hydrogens is 218 g/mol. The molecule has 6 nitrogen and oxygen atoms in total. The normalized spacial score (nSPS) is 12.6. The Kier molecular flexibility index (Phi) is 3.34. The molecule has 2 aromatic heterocycles. The first kappa shape index (κ1) is 11.5. The average molecular weight is 233 g/mol. The van der Waals surface area contributed by atoms with E-state index in [0.717, 1.165) is 5.69 Å². The van der Waals surface area contributed by atoms with Gasteiger partial charge >= 0.3 is 0 Å². The van der Waals surface area contributed by atoms with Crippen LogP contribution >= 0.6 is 0 Å². The molecule has 0 aliphatic heterocycles. The van der Waals surface area contributed by atoms with Crippen LogP contribution in [0.3, 0.4) is 0 Å². The maximum absolute atomic E-state index is 11.5. The van der Waals surface area contributed by atoms with E-state index in [1.54, 1.807) is 27.7 Å². The number of hydrogen-bond donors (Lipinski definition) is 1. The predicted molar refractivity (Wildman–Crippen MR) is 63.3 cm³/mol. The van der Waals surface area contributed by atoms with Crippen molar-refractivity contribution in [2.24, 2.45) is 5.73 Å². The molecular formula is C11H15N5O. The van der Waals surface area contributed by atoms with Crippen LogP contribution < -0.4 is 11.3 Å². The summed E-state index contributed by atoms with van der Waals surface area (Å²) in [7, 11) is 0. The van der Waals surface area contributed by atoms with Gasteiger partial charge in [0.2, 0.25) is 0 Å². The lowest BCUT2D eigenvalue weighted by Gasteiger charge is -2.04. The molecule has 0 aliphatic rings. The number of nitrogens with two attached hydrogens (primary N) is 1. The molecule has 2 rings (SSSR count). The van der Waals surface area contributed by atoms with Gasteiger partial charge in [-0.2, -0.15) is 0 Å². The van der Waals surface area contributed by atoms with E-state index in [-0.39, 0.29) is 11.6 Å². The lowest BCUT2D eigenvalue weighted by molar-refractivity contribution is 0.511. The van der Waals surface area contributed by atoms with Gasteiger partial charge in [0.25, 0.3) is 5.56 Å². The van der Waals surface area contributed by atoms with Crippen molar-refractivity contribution >= 4 is 0 Å². The van der Waals surface area contributed by atoms with Crippen LogP contribution in [0.15, 0.2) is 35.4 Å². The summed E-state index contributed by atoms with van der Waals surface area (Å²) in [5.41, 5.74) is 6.43. The van der Waals surface area contributed by atoms with Crippen molar-refractivity contribution in [1.29, 1.82) is 0 Å². The SMILES string of the molecule is CC(N)c1cn(CCn2ccccc2=O)nn1. The van der Waals surface area contributed by atoms with E-state index >= 15 is 0 Å². The van der Waals surface area contributed by atoms with Gasteiger partial charge in [0.15, 0.2) is 0 Å². The molecule has 0 amide bonds. The third-order valence-corrected chi connectivity index (χ3v) is 2.49. The quantitative estimate of drug-likeness (QED) is 0.815. The molecule has 17 heavy (non-hydrogen) atoms. The van der Waals surface area contributed by atoms with Crippen molar-refractivity contribution in [2.45, 2.75) is 26.1 Å². The molecule has 0 spiro atoms. The number of pyridine rings is 1. The van der Waals surface area contributed by atoms with Gasteiger partial charge in [-0.15, -0.1) is 5.10 Å². The van der Waals surface area contributed by atoms with Crippen LogP contribution in [0, 0.1) is 0 Å². The van der Waals surface area contributed by atoms with Crippen molar-refractivity contribution in [3.05, 3.63) is 46.6 Å². The zero-order valence-electron chi connectivity index (χ0n) is 9.65. The Morgan fingerprint density at radius 2 is 2.24 bits per heavy atom. The maximum Gasteiger partial charge on any atom is 0.250 e. The lowest BCUT2D eigenvalue weighted by Crippen LogP contribution is -2.20. The first-order valence-corrected chi connectivity index (χ1v) is 5.48. The molecule has 2 N–H and O–H groups in total. The number of hydrogen-bond acceptors (Lipinski definition) is 4. The second-order valence-electron chi connectivity index (χ2n) is 3.93. The summed E-state index contributed by atoms with van der Waals surface area (Å²) < 4.78 is 3.32. The van der Waals surface area contributed by atoms with Crippen molar-refractivity contribution in [3.63, 3.8) is 0 Å². The predicted octanol–water partition coefficient (Wildman–Crippen LogP) is 0.160. The van der Waals surface area contributed by atoms with Crippen LogP contribution in [-0.4, -0.2) is 19.6 Å². The molecule has 2 aromatic rings. The van der Waals surface area contributed by atoms with E-state index in [9.17, 15) is 4.79 Å².